The zero-order valence-corrected chi connectivity index (χ0v) is 12.4. The molecule has 1 aliphatic rings. The minimum Gasteiger partial charge on any atom is -0.0654 e. The van der Waals surface area contributed by atoms with Crippen molar-refractivity contribution < 1.29 is 0 Å². The van der Waals surface area contributed by atoms with Crippen molar-refractivity contribution in [1.29, 1.82) is 0 Å². The summed E-state index contributed by atoms with van der Waals surface area (Å²) in [6.45, 7) is 4.49. The predicted molar refractivity (Wildman–Crippen MR) is 87.8 cm³/mol. The van der Waals surface area contributed by atoms with E-state index in [2.05, 4.69) is 62.4 Å². The van der Waals surface area contributed by atoms with Crippen LogP contribution in [0.2, 0.25) is 0 Å². The third kappa shape index (κ3) is 2.43. The highest BCUT2D eigenvalue weighted by atomic mass is 14.2. The normalized spacial score (nSPS) is 13.2. The Hall–Kier alpha value is -1.82. The quantitative estimate of drug-likeness (QED) is 0.654. The second-order valence-electron chi connectivity index (χ2n) is 5.78. The number of hydrogen-bond donors (Lipinski definition) is 0. The molecule has 1 aliphatic carbocycles. The van der Waals surface area contributed by atoms with Gasteiger partial charge >= 0.3 is 0 Å². The van der Waals surface area contributed by atoms with Gasteiger partial charge < -0.3 is 0 Å². The minimum absolute atomic E-state index is 1.15. The van der Waals surface area contributed by atoms with Crippen LogP contribution in [-0.4, -0.2) is 0 Å². The van der Waals surface area contributed by atoms with Crippen molar-refractivity contribution in [2.45, 2.75) is 39.5 Å². The van der Waals surface area contributed by atoms with Crippen LogP contribution in [0.3, 0.4) is 0 Å². The number of unbranched alkanes of at least 4 members (excludes halogenated alkanes) is 1. The van der Waals surface area contributed by atoms with E-state index < -0.39 is 0 Å². The summed E-state index contributed by atoms with van der Waals surface area (Å²) in [5.74, 6) is 0. The summed E-state index contributed by atoms with van der Waals surface area (Å²) in [5, 5.41) is 0. The highest BCUT2D eigenvalue weighted by Gasteiger charge is 2.17. The van der Waals surface area contributed by atoms with Crippen molar-refractivity contribution in [3.63, 3.8) is 0 Å². The zero-order valence-electron chi connectivity index (χ0n) is 12.4. The van der Waals surface area contributed by atoms with Gasteiger partial charge in [0, 0.05) is 0 Å². The largest absolute Gasteiger partial charge is 0.0654 e. The first-order chi connectivity index (χ1) is 9.79. The third-order valence-corrected chi connectivity index (χ3v) is 4.22. The molecule has 0 saturated carbocycles. The number of aryl methyl sites for hydroxylation is 1. The van der Waals surface area contributed by atoms with Crippen molar-refractivity contribution in [3.05, 3.63) is 64.7 Å². The topological polar surface area (TPSA) is 0 Å². The monoisotopic (exact) mass is 262 g/mol. The maximum atomic E-state index is 2.44. The number of allylic oxidation sites excluding steroid dienone is 1. The van der Waals surface area contributed by atoms with E-state index in [0.29, 0.717) is 0 Å². The van der Waals surface area contributed by atoms with Crippen molar-refractivity contribution in [3.8, 4) is 11.1 Å². The maximum Gasteiger partial charge on any atom is -0.00576 e. The molecule has 20 heavy (non-hydrogen) atoms. The van der Waals surface area contributed by atoms with Crippen LogP contribution in [-0.2, 0) is 6.42 Å². The van der Waals surface area contributed by atoms with Crippen LogP contribution in [0.25, 0.3) is 17.2 Å². The molecule has 0 atom stereocenters. The van der Waals surface area contributed by atoms with Crippen LogP contribution >= 0.6 is 0 Å². The molecule has 2 aromatic carbocycles. The average molecular weight is 262 g/mol. The van der Waals surface area contributed by atoms with Crippen LogP contribution in [0, 0.1) is 6.92 Å². The van der Waals surface area contributed by atoms with Gasteiger partial charge in [-0.2, -0.15) is 0 Å². The predicted octanol–water partition coefficient (Wildman–Crippen LogP) is 5.79. The SMILES string of the molecule is CCCCC1=Cc2c(ccc(C)c2-c2ccccc2)C1. The van der Waals surface area contributed by atoms with Crippen molar-refractivity contribution >= 4 is 6.08 Å². The Morgan fingerprint density at radius 2 is 1.80 bits per heavy atom. The summed E-state index contributed by atoms with van der Waals surface area (Å²) in [6.07, 6.45) is 7.42. The Balaban J connectivity index is 2.05. The lowest BCUT2D eigenvalue weighted by atomic mass is 9.93. The van der Waals surface area contributed by atoms with Crippen LogP contribution in [0.5, 0.6) is 0 Å². The molecule has 0 nitrogen and oxygen atoms in total. The van der Waals surface area contributed by atoms with Crippen molar-refractivity contribution in [2.75, 3.05) is 0 Å². The molecule has 0 heteroatoms. The molecule has 0 aliphatic heterocycles. The molecule has 0 amide bonds. The summed E-state index contributed by atoms with van der Waals surface area (Å²) in [4.78, 5) is 0. The average Bonchev–Trinajstić information content (AvgIpc) is 2.88. The van der Waals surface area contributed by atoms with Gasteiger partial charge in [-0.3, -0.25) is 0 Å². The molecule has 0 aromatic heterocycles. The molecule has 3 rings (SSSR count). The third-order valence-electron chi connectivity index (χ3n) is 4.22. The van der Waals surface area contributed by atoms with Crippen LogP contribution < -0.4 is 0 Å². The molecule has 102 valence electrons. The first-order valence-corrected chi connectivity index (χ1v) is 7.67. The lowest BCUT2D eigenvalue weighted by Gasteiger charge is -2.11. The van der Waals surface area contributed by atoms with Crippen molar-refractivity contribution in [1.82, 2.24) is 0 Å². The highest BCUT2D eigenvalue weighted by Crippen LogP contribution is 2.37. The van der Waals surface area contributed by atoms with Gasteiger partial charge in [0.15, 0.2) is 0 Å². The summed E-state index contributed by atoms with van der Waals surface area (Å²) in [5.41, 5.74) is 8.71. The molecule has 0 N–H and O–H groups in total. The van der Waals surface area contributed by atoms with Crippen LogP contribution in [0.4, 0.5) is 0 Å². The van der Waals surface area contributed by atoms with Gasteiger partial charge in [0.25, 0.3) is 0 Å². The molecule has 0 bridgehead atoms. The van der Waals surface area contributed by atoms with Gasteiger partial charge in [0.1, 0.15) is 0 Å². The van der Waals surface area contributed by atoms with Gasteiger partial charge in [-0.05, 0) is 54.0 Å². The highest BCUT2D eigenvalue weighted by molar-refractivity contribution is 5.82. The van der Waals surface area contributed by atoms with Gasteiger partial charge in [-0.15, -0.1) is 0 Å². The second-order valence-corrected chi connectivity index (χ2v) is 5.78. The van der Waals surface area contributed by atoms with E-state index in [1.807, 2.05) is 0 Å². The molecule has 0 unspecified atom stereocenters. The summed E-state index contributed by atoms with van der Waals surface area (Å²) >= 11 is 0. The maximum absolute atomic E-state index is 2.44. The molecular weight excluding hydrogens is 240 g/mol. The fraction of sp³-hybridized carbons (Fsp3) is 0.300. The van der Waals surface area contributed by atoms with E-state index in [-0.39, 0.29) is 0 Å². The lowest BCUT2D eigenvalue weighted by Crippen LogP contribution is -1.91. The Morgan fingerprint density at radius 3 is 2.55 bits per heavy atom. The molecule has 0 heterocycles. The van der Waals surface area contributed by atoms with E-state index in [0.717, 1.165) is 6.42 Å². The fourth-order valence-electron chi connectivity index (χ4n) is 3.14. The summed E-state index contributed by atoms with van der Waals surface area (Å²) in [6, 6.07) is 15.4. The number of hydrogen-bond acceptors (Lipinski definition) is 0. The molecule has 0 spiro atoms. The lowest BCUT2D eigenvalue weighted by molar-refractivity contribution is 0.779. The van der Waals surface area contributed by atoms with E-state index in [1.54, 1.807) is 5.57 Å². The molecule has 0 fully saturated rings. The number of fused-ring (bicyclic) bond motifs is 1. The molecule has 0 radical (unpaired) electrons. The van der Waals surface area contributed by atoms with E-state index in [1.165, 1.54) is 47.1 Å². The second kappa shape index (κ2) is 5.66. The fourth-order valence-corrected chi connectivity index (χ4v) is 3.14. The molecular formula is C20H22. The standard InChI is InChI=1S/C20H22/c1-3-4-8-16-13-18-12-11-15(2)20(19(18)14-16)17-9-6-5-7-10-17/h5-7,9-12,14H,3-4,8,13H2,1-2H3. The van der Waals surface area contributed by atoms with E-state index in [9.17, 15) is 0 Å². The molecule has 0 saturated heterocycles. The van der Waals surface area contributed by atoms with Gasteiger partial charge in [0.05, 0.1) is 0 Å². The van der Waals surface area contributed by atoms with E-state index >= 15 is 0 Å². The molecule has 2 aromatic rings. The first-order valence-electron chi connectivity index (χ1n) is 7.67. The van der Waals surface area contributed by atoms with Crippen LogP contribution in [0.15, 0.2) is 48.0 Å². The Labute approximate surface area is 122 Å². The van der Waals surface area contributed by atoms with Gasteiger partial charge in [-0.25, -0.2) is 0 Å². The number of rotatable bonds is 4. The van der Waals surface area contributed by atoms with Gasteiger partial charge in [-0.1, -0.05) is 67.5 Å². The first kappa shape index (κ1) is 13.2. The van der Waals surface area contributed by atoms with E-state index in [4.69, 9.17) is 0 Å². The van der Waals surface area contributed by atoms with Crippen molar-refractivity contribution in [2.24, 2.45) is 0 Å². The Bertz CT molecular complexity index is 633. The number of benzene rings is 2. The Kier molecular flexibility index (Phi) is 3.73. The zero-order chi connectivity index (χ0) is 13.9. The Morgan fingerprint density at radius 1 is 1.00 bits per heavy atom. The smallest absolute Gasteiger partial charge is 0.00576 e. The summed E-state index contributed by atoms with van der Waals surface area (Å²) in [7, 11) is 0. The van der Waals surface area contributed by atoms with Gasteiger partial charge in [0.2, 0.25) is 0 Å². The minimum atomic E-state index is 1.15. The van der Waals surface area contributed by atoms with Crippen LogP contribution in [0.1, 0.15) is 42.9 Å². The summed E-state index contributed by atoms with van der Waals surface area (Å²) < 4.78 is 0.